The quantitative estimate of drug-likeness (QED) is 0.510. The van der Waals surface area contributed by atoms with E-state index in [1.807, 2.05) is 0 Å². The van der Waals surface area contributed by atoms with Crippen molar-refractivity contribution < 1.29 is 9.53 Å². The van der Waals surface area contributed by atoms with Gasteiger partial charge >= 0.3 is 0 Å². The standard InChI is InChI=1S/C7H11NO2/c9-5-7-2-1-6(10-7)3-8-4-7/h5-6,8H,1-4H2. The summed E-state index contributed by atoms with van der Waals surface area (Å²) in [5.74, 6) is 0. The fraction of sp³-hybridized carbons (Fsp3) is 0.857. The Hall–Kier alpha value is -0.410. The molecule has 2 saturated heterocycles. The highest BCUT2D eigenvalue weighted by Crippen LogP contribution is 2.30. The maximum Gasteiger partial charge on any atom is 0.153 e. The van der Waals surface area contributed by atoms with Gasteiger partial charge in [0.2, 0.25) is 0 Å². The molecule has 0 aliphatic carbocycles. The van der Waals surface area contributed by atoms with Crippen LogP contribution in [0.25, 0.3) is 0 Å². The number of hydrogen-bond donors (Lipinski definition) is 1. The highest BCUT2D eigenvalue weighted by Gasteiger charge is 2.42. The van der Waals surface area contributed by atoms with Crippen molar-refractivity contribution in [2.45, 2.75) is 24.5 Å². The minimum Gasteiger partial charge on any atom is -0.362 e. The maximum atomic E-state index is 10.6. The van der Waals surface area contributed by atoms with Gasteiger partial charge < -0.3 is 14.8 Å². The topological polar surface area (TPSA) is 38.3 Å². The fourth-order valence-electron chi connectivity index (χ4n) is 1.70. The second-order valence-electron chi connectivity index (χ2n) is 3.09. The first-order valence-electron chi connectivity index (χ1n) is 3.69. The molecule has 2 rings (SSSR count). The molecule has 2 unspecified atom stereocenters. The van der Waals surface area contributed by atoms with E-state index in [9.17, 15) is 4.79 Å². The average Bonchev–Trinajstić information content (AvgIpc) is 2.29. The molecule has 1 N–H and O–H groups in total. The predicted octanol–water partition coefficient (Wildman–Crippen LogP) is -0.294. The summed E-state index contributed by atoms with van der Waals surface area (Å²) in [5, 5.41) is 3.18. The smallest absolute Gasteiger partial charge is 0.153 e. The van der Waals surface area contributed by atoms with Crippen molar-refractivity contribution in [1.82, 2.24) is 5.32 Å². The molecule has 2 fully saturated rings. The zero-order valence-corrected chi connectivity index (χ0v) is 5.80. The summed E-state index contributed by atoms with van der Waals surface area (Å²) in [6.45, 7) is 1.61. The molecule has 0 aromatic carbocycles. The molecule has 2 bridgehead atoms. The van der Waals surface area contributed by atoms with E-state index in [4.69, 9.17) is 4.74 Å². The lowest BCUT2D eigenvalue weighted by Crippen LogP contribution is -2.49. The van der Waals surface area contributed by atoms with Crippen LogP contribution in [-0.4, -0.2) is 31.1 Å². The predicted molar refractivity (Wildman–Crippen MR) is 35.8 cm³/mol. The minimum absolute atomic E-state index is 0.291. The van der Waals surface area contributed by atoms with Crippen LogP contribution in [0.5, 0.6) is 0 Å². The van der Waals surface area contributed by atoms with Gasteiger partial charge in [0.05, 0.1) is 6.10 Å². The SMILES string of the molecule is O=CC12CCC(CNC1)O2. The third kappa shape index (κ3) is 0.777. The molecule has 10 heavy (non-hydrogen) atoms. The Kier molecular flexibility index (Phi) is 1.28. The van der Waals surface area contributed by atoms with Crippen molar-refractivity contribution in [3.8, 4) is 0 Å². The van der Waals surface area contributed by atoms with Crippen molar-refractivity contribution in [2.24, 2.45) is 0 Å². The van der Waals surface area contributed by atoms with Crippen molar-refractivity contribution in [2.75, 3.05) is 13.1 Å². The van der Waals surface area contributed by atoms with Gasteiger partial charge in [0.1, 0.15) is 5.60 Å². The third-order valence-corrected chi connectivity index (χ3v) is 2.30. The monoisotopic (exact) mass is 141 g/mol. The summed E-state index contributed by atoms with van der Waals surface area (Å²) in [7, 11) is 0. The summed E-state index contributed by atoms with van der Waals surface area (Å²) >= 11 is 0. The largest absolute Gasteiger partial charge is 0.362 e. The number of ether oxygens (including phenoxy) is 1. The van der Waals surface area contributed by atoms with Gasteiger partial charge in [0, 0.05) is 13.1 Å². The second kappa shape index (κ2) is 2.04. The number of rotatable bonds is 1. The summed E-state index contributed by atoms with van der Waals surface area (Å²) in [5.41, 5.74) is -0.455. The first-order chi connectivity index (χ1) is 4.85. The molecule has 2 atom stereocenters. The molecule has 2 aliphatic rings. The van der Waals surface area contributed by atoms with Crippen LogP contribution in [0.2, 0.25) is 0 Å². The normalized spacial score (nSPS) is 45.4. The number of aldehydes is 1. The van der Waals surface area contributed by atoms with Crippen molar-refractivity contribution in [3.63, 3.8) is 0 Å². The molecule has 3 nitrogen and oxygen atoms in total. The van der Waals surface area contributed by atoms with E-state index in [1.54, 1.807) is 0 Å². The van der Waals surface area contributed by atoms with Crippen molar-refractivity contribution in [1.29, 1.82) is 0 Å². The molecule has 56 valence electrons. The molecule has 2 heterocycles. The van der Waals surface area contributed by atoms with E-state index in [1.165, 1.54) is 0 Å². The van der Waals surface area contributed by atoms with Crippen LogP contribution < -0.4 is 5.32 Å². The van der Waals surface area contributed by atoms with Crippen LogP contribution in [0, 0.1) is 0 Å². The number of hydrogen-bond acceptors (Lipinski definition) is 3. The van der Waals surface area contributed by atoms with Crippen LogP contribution >= 0.6 is 0 Å². The van der Waals surface area contributed by atoms with Gasteiger partial charge in [-0.1, -0.05) is 0 Å². The van der Waals surface area contributed by atoms with Gasteiger partial charge in [-0.3, -0.25) is 0 Å². The summed E-state index contributed by atoms with van der Waals surface area (Å²) in [4.78, 5) is 10.6. The first-order valence-corrected chi connectivity index (χ1v) is 3.69. The fourth-order valence-corrected chi connectivity index (χ4v) is 1.70. The van der Waals surface area contributed by atoms with Gasteiger partial charge in [-0.15, -0.1) is 0 Å². The molecular weight excluding hydrogens is 130 g/mol. The number of carbonyl (C=O) groups is 1. The Morgan fingerprint density at radius 2 is 2.60 bits per heavy atom. The van der Waals surface area contributed by atoms with E-state index in [0.29, 0.717) is 12.6 Å². The highest BCUT2D eigenvalue weighted by molar-refractivity contribution is 5.64. The number of nitrogens with one attached hydrogen (secondary N) is 1. The third-order valence-electron chi connectivity index (χ3n) is 2.30. The van der Waals surface area contributed by atoms with E-state index in [-0.39, 0.29) is 0 Å². The Bertz CT molecular complexity index is 156. The van der Waals surface area contributed by atoms with Crippen molar-refractivity contribution >= 4 is 6.29 Å². The highest BCUT2D eigenvalue weighted by atomic mass is 16.5. The number of carbonyl (C=O) groups excluding carboxylic acids is 1. The average molecular weight is 141 g/mol. The van der Waals surface area contributed by atoms with E-state index >= 15 is 0 Å². The van der Waals surface area contributed by atoms with Crippen LogP contribution in [0.4, 0.5) is 0 Å². The van der Waals surface area contributed by atoms with Crippen LogP contribution in [0.3, 0.4) is 0 Å². The molecule has 0 saturated carbocycles. The molecule has 0 spiro atoms. The molecule has 3 heteroatoms. The zero-order valence-electron chi connectivity index (χ0n) is 5.80. The molecular formula is C7H11NO2. The summed E-state index contributed by atoms with van der Waals surface area (Å²) < 4.78 is 5.50. The lowest BCUT2D eigenvalue weighted by atomic mass is 10.0. The zero-order chi connectivity index (χ0) is 7.03. The number of fused-ring (bicyclic) bond motifs is 2. The van der Waals surface area contributed by atoms with Crippen molar-refractivity contribution in [3.05, 3.63) is 0 Å². The lowest BCUT2D eigenvalue weighted by molar-refractivity contribution is -0.133. The lowest BCUT2D eigenvalue weighted by Gasteiger charge is -2.28. The molecule has 0 amide bonds. The maximum absolute atomic E-state index is 10.6. The molecule has 0 aromatic rings. The minimum atomic E-state index is -0.455. The molecule has 2 aliphatic heterocycles. The summed E-state index contributed by atoms with van der Waals surface area (Å²) in [6, 6.07) is 0. The van der Waals surface area contributed by atoms with Gasteiger partial charge in [-0.05, 0) is 12.8 Å². The van der Waals surface area contributed by atoms with E-state index in [0.717, 1.165) is 25.7 Å². The second-order valence-corrected chi connectivity index (χ2v) is 3.09. The number of morpholine rings is 1. The Morgan fingerprint density at radius 1 is 1.70 bits per heavy atom. The van der Waals surface area contributed by atoms with Crippen LogP contribution in [-0.2, 0) is 9.53 Å². The molecule has 0 radical (unpaired) electrons. The van der Waals surface area contributed by atoms with Gasteiger partial charge in [-0.25, -0.2) is 0 Å². The Morgan fingerprint density at radius 3 is 3.30 bits per heavy atom. The molecule has 0 aromatic heterocycles. The summed E-state index contributed by atoms with van der Waals surface area (Å²) in [6.07, 6.45) is 3.16. The van der Waals surface area contributed by atoms with Crippen LogP contribution in [0.15, 0.2) is 0 Å². The Labute approximate surface area is 59.7 Å². The van der Waals surface area contributed by atoms with E-state index in [2.05, 4.69) is 5.32 Å². The first kappa shape index (κ1) is 6.31. The Balaban J connectivity index is 2.16. The van der Waals surface area contributed by atoms with Gasteiger partial charge in [-0.2, -0.15) is 0 Å². The van der Waals surface area contributed by atoms with Crippen LogP contribution in [0.1, 0.15) is 12.8 Å². The van der Waals surface area contributed by atoms with Gasteiger partial charge in [0.25, 0.3) is 0 Å². The van der Waals surface area contributed by atoms with E-state index < -0.39 is 5.60 Å². The van der Waals surface area contributed by atoms with Gasteiger partial charge in [0.15, 0.2) is 6.29 Å².